The highest BCUT2D eigenvalue weighted by molar-refractivity contribution is 5.94. The first-order chi connectivity index (χ1) is 10.1. The van der Waals surface area contributed by atoms with Crippen LogP contribution < -0.4 is 5.32 Å². The lowest BCUT2D eigenvalue weighted by Gasteiger charge is -2.17. The number of allylic oxidation sites excluding steroid dienone is 2. The molecule has 0 bridgehead atoms. The van der Waals surface area contributed by atoms with Crippen molar-refractivity contribution in [3.8, 4) is 0 Å². The van der Waals surface area contributed by atoms with Gasteiger partial charge in [0, 0.05) is 11.6 Å². The SMILES string of the molecule is CC(C)OC(=O)c1ccc(NC(=O)C2CC=CCC2)cc1. The number of hydrogen-bond donors (Lipinski definition) is 1. The molecule has 0 aromatic heterocycles. The molecule has 1 aromatic carbocycles. The largest absolute Gasteiger partial charge is 0.459 e. The van der Waals surface area contributed by atoms with Gasteiger partial charge in [-0.3, -0.25) is 4.79 Å². The van der Waals surface area contributed by atoms with Crippen molar-refractivity contribution in [1.82, 2.24) is 0 Å². The summed E-state index contributed by atoms with van der Waals surface area (Å²) >= 11 is 0. The van der Waals surface area contributed by atoms with Gasteiger partial charge in [0.05, 0.1) is 11.7 Å². The van der Waals surface area contributed by atoms with Crippen molar-refractivity contribution >= 4 is 17.6 Å². The van der Waals surface area contributed by atoms with E-state index in [4.69, 9.17) is 4.74 Å². The Morgan fingerprint density at radius 1 is 1.19 bits per heavy atom. The van der Waals surface area contributed by atoms with E-state index in [1.807, 2.05) is 13.8 Å². The Labute approximate surface area is 125 Å². The Morgan fingerprint density at radius 2 is 1.90 bits per heavy atom. The highest BCUT2D eigenvalue weighted by Gasteiger charge is 2.18. The molecule has 0 aliphatic heterocycles. The zero-order valence-electron chi connectivity index (χ0n) is 12.5. The number of carbonyl (C=O) groups is 2. The number of hydrogen-bond acceptors (Lipinski definition) is 3. The number of amides is 1. The van der Waals surface area contributed by atoms with Gasteiger partial charge in [0.2, 0.25) is 5.91 Å². The number of rotatable bonds is 4. The normalized spacial score (nSPS) is 17.6. The predicted octanol–water partition coefficient (Wildman–Crippen LogP) is 3.55. The third-order valence-corrected chi connectivity index (χ3v) is 3.37. The van der Waals surface area contributed by atoms with Crippen molar-refractivity contribution in [3.63, 3.8) is 0 Å². The molecule has 1 amide bonds. The molecule has 0 radical (unpaired) electrons. The maximum Gasteiger partial charge on any atom is 0.338 e. The van der Waals surface area contributed by atoms with Crippen LogP contribution in [0.3, 0.4) is 0 Å². The number of carbonyl (C=O) groups excluding carboxylic acids is 2. The third-order valence-electron chi connectivity index (χ3n) is 3.37. The maximum absolute atomic E-state index is 12.1. The van der Waals surface area contributed by atoms with E-state index < -0.39 is 0 Å². The first-order valence-electron chi connectivity index (χ1n) is 7.33. The molecule has 1 N–H and O–H groups in total. The Balaban J connectivity index is 1.94. The molecule has 112 valence electrons. The monoisotopic (exact) mass is 287 g/mol. The number of nitrogens with one attached hydrogen (secondary N) is 1. The van der Waals surface area contributed by atoms with Gasteiger partial charge in [-0.15, -0.1) is 0 Å². The molecule has 1 atom stereocenters. The smallest absolute Gasteiger partial charge is 0.338 e. The Hall–Kier alpha value is -2.10. The fourth-order valence-corrected chi connectivity index (χ4v) is 2.25. The number of ether oxygens (including phenoxy) is 1. The van der Waals surface area contributed by atoms with Gasteiger partial charge in [-0.2, -0.15) is 0 Å². The summed E-state index contributed by atoms with van der Waals surface area (Å²) in [6.45, 7) is 3.62. The van der Waals surface area contributed by atoms with Gasteiger partial charge in [-0.05, 0) is 57.4 Å². The molecule has 1 aliphatic carbocycles. The summed E-state index contributed by atoms with van der Waals surface area (Å²) in [5.74, 6) is -0.266. The summed E-state index contributed by atoms with van der Waals surface area (Å²) < 4.78 is 5.12. The van der Waals surface area contributed by atoms with E-state index in [-0.39, 0.29) is 23.9 Å². The third kappa shape index (κ3) is 4.45. The van der Waals surface area contributed by atoms with Crippen molar-refractivity contribution in [2.45, 2.75) is 39.2 Å². The van der Waals surface area contributed by atoms with E-state index in [1.54, 1.807) is 24.3 Å². The van der Waals surface area contributed by atoms with Crippen LogP contribution in [0.2, 0.25) is 0 Å². The average Bonchev–Trinajstić information content (AvgIpc) is 2.48. The highest BCUT2D eigenvalue weighted by atomic mass is 16.5. The van der Waals surface area contributed by atoms with E-state index in [1.165, 1.54) is 0 Å². The van der Waals surface area contributed by atoms with E-state index in [0.717, 1.165) is 19.3 Å². The quantitative estimate of drug-likeness (QED) is 0.680. The molecule has 1 aliphatic rings. The summed E-state index contributed by atoms with van der Waals surface area (Å²) in [6.07, 6.45) is 6.66. The first kappa shape index (κ1) is 15.3. The van der Waals surface area contributed by atoms with Crippen molar-refractivity contribution in [3.05, 3.63) is 42.0 Å². The van der Waals surface area contributed by atoms with E-state index in [0.29, 0.717) is 11.3 Å². The van der Waals surface area contributed by atoms with Crippen LogP contribution >= 0.6 is 0 Å². The fraction of sp³-hybridized carbons (Fsp3) is 0.412. The van der Waals surface area contributed by atoms with Gasteiger partial charge < -0.3 is 10.1 Å². The van der Waals surface area contributed by atoms with Gasteiger partial charge in [0.1, 0.15) is 0 Å². The minimum atomic E-state index is -0.347. The molecule has 0 spiro atoms. The van der Waals surface area contributed by atoms with Gasteiger partial charge in [0.15, 0.2) is 0 Å². The highest BCUT2D eigenvalue weighted by Crippen LogP contribution is 2.20. The van der Waals surface area contributed by atoms with Gasteiger partial charge in [-0.25, -0.2) is 4.79 Å². The summed E-state index contributed by atoms with van der Waals surface area (Å²) in [5, 5.41) is 2.89. The molecule has 0 heterocycles. The summed E-state index contributed by atoms with van der Waals surface area (Å²) in [6, 6.07) is 6.79. The van der Waals surface area contributed by atoms with E-state index in [9.17, 15) is 9.59 Å². The van der Waals surface area contributed by atoms with Crippen LogP contribution in [0.1, 0.15) is 43.5 Å². The van der Waals surface area contributed by atoms with E-state index >= 15 is 0 Å². The van der Waals surface area contributed by atoms with Crippen LogP contribution in [0, 0.1) is 5.92 Å². The van der Waals surface area contributed by atoms with Crippen LogP contribution in [0.15, 0.2) is 36.4 Å². The molecule has 0 saturated carbocycles. The lowest BCUT2D eigenvalue weighted by molar-refractivity contribution is -0.120. The molecule has 0 fully saturated rings. The van der Waals surface area contributed by atoms with Crippen molar-refractivity contribution in [2.75, 3.05) is 5.32 Å². The summed E-state index contributed by atoms with van der Waals surface area (Å²) in [4.78, 5) is 23.8. The van der Waals surface area contributed by atoms with Crippen molar-refractivity contribution < 1.29 is 14.3 Å². The molecule has 2 rings (SSSR count). The van der Waals surface area contributed by atoms with Gasteiger partial charge >= 0.3 is 5.97 Å². The zero-order valence-corrected chi connectivity index (χ0v) is 12.5. The standard InChI is InChI=1S/C17H21NO3/c1-12(2)21-17(20)14-8-10-15(11-9-14)18-16(19)13-6-4-3-5-7-13/h3-4,8-13H,5-7H2,1-2H3,(H,18,19). The Bertz CT molecular complexity index is 531. The molecule has 1 aromatic rings. The van der Waals surface area contributed by atoms with Gasteiger partial charge in [0.25, 0.3) is 0 Å². The number of benzene rings is 1. The van der Waals surface area contributed by atoms with Crippen LogP contribution in [0.25, 0.3) is 0 Å². The van der Waals surface area contributed by atoms with Crippen molar-refractivity contribution in [1.29, 1.82) is 0 Å². The number of esters is 1. The lowest BCUT2D eigenvalue weighted by atomic mass is 9.93. The molecular formula is C17H21NO3. The minimum Gasteiger partial charge on any atom is -0.459 e. The average molecular weight is 287 g/mol. The topological polar surface area (TPSA) is 55.4 Å². The molecule has 21 heavy (non-hydrogen) atoms. The fourth-order valence-electron chi connectivity index (χ4n) is 2.25. The molecular weight excluding hydrogens is 266 g/mol. The number of anilines is 1. The maximum atomic E-state index is 12.1. The first-order valence-corrected chi connectivity index (χ1v) is 7.33. The van der Waals surface area contributed by atoms with E-state index in [2.05, 4.69) is 17.5 Å². The molecule has 1 unspecified atom stereocenters. The van der Waals surface area contributed by atoms with Crippen LogP contribution in [0.4, 0.5) is 5.69 Å². The van der Waals surface area contributed by atoms with Crippen LogP contribution in [0.5, 0.6) is 0 Å². The second-order valence-corrected chi connectivity index (χ2v) is 5.50. The lowest BCUT2D eigenvalue weighted by Crippen LogP contribution is -2.23. The van der Waals surface area contributed by atoms with Gasteiger partial charge in [-0.1, -0.05) is 12.2 Å². The summed E-state index contributed by atoms with van der Waals surface area (Å²) in [7, 11) is 0. The Kier molecular flexibility index (Phi) is 5.14. The van der Waals surface area contributed by atoms with Crippen molar-refractivity contribution in [2.24, 2.45) is 5.92 Å². The molecule has 4 heteroatoms. The summed E-state index contributed by atoms with van der Waals surface area (Å²) in [5.41, 5.74) is 1.19. The van der Waals surface area contributed by atoms with Crippen LogP contribution in [-0.2, 0) is 9.53 Å². The van der Waals surface area contributed by atoms with Crippen LogP contribution in [-0.4, -0.2) is 18.0 Å². The second kappa shape index (κ2) is 7.07. The second-order valence-electron chi connectivity index (χ2n) is 5.50. The molecule has 4 nitrogen and oxygen atoms in total. The Morgan fingerprint density at radius 3 is 2.48 bits per heavy atom. The molecule has 0 saturated heterocycles. The minimum absolute atomic E-state index is 0.0388. The zero-order chi connectivity index (χ0) is 15.2. The predicted molar refractivity (Wildman–Crippen MR) is 82.1 cm³/mol.